The van der Waals surface area contributed by atoms with E-state index >= 15 is 0 Å². The summed E-state index contributed by atoms with van der Waals surface area (Å²) in [4.78, 5) is 0. The second kappa shape index (κ2) is 6.88. The fourth-order valence-electron chi connectivity index (χ4n) is 1.55. The van der Waals surface area contributed by atoms with Gasteiger partial charge in [0.15, 0.2) is 0 Å². The lowest BCUT2D eigenvalue weighted by atomic mass is 9.86. The highest BCUT2D eigenvalue weighted by Crippen LogP contribution is 2.63. The smallest absolute Gasteiger partial charge is 0.199 e. The molecule has 0 nitrogen and oxygen atoms in total. The van der Waals surface area contributed by atoms with Gasteiger partial charge in [-0.3, -0.25) is 0 Å². The molecule has 0 N–H and O–H groups in total. The molecule has 164 valence electrons. The highest BCUT2D eigenvalue weighted by Gasteiger charge is 2.93. The van der Waals surface area contributed by atoms with Gasteiger partial charge in [0.2, 0.25) is 0 Å². The zero-order valence-corrected chi connectivity index (χ0v) is 14.9. The van der Waals surface area contributed by atoms with E-state index in [4.69, 9.17) is 0 Å². The van der Waals surface area contributed by atoms with Crippen molar-refractivity contribution in [3.05, 3.63) is 0 Å². The summed E-state index contributed by atoms with van der Waals surface area (Å²) in [6, 6.07) is 0. The summed E-state index contributed by atoms with van der Waals surface area (Å²) in [5.41, 5.74) is 0. The maximum Gasteiger partial charge on any atom is 0.460 e. The summed E-state index contributed by atoms with van der Waals surface area (Å²) in [6.07, 6.45) is -7.59. The average molecular weight is 552 g/mol. The molecule has 0 saturated heterocycles. The third-order valence-corrected chi connectivity index (χ3v) is 4.69. The first kappa shape index (κ1) is 26.7. The molecule has 0 aliphatic rings. The van der Waals surface area contributed by atoms with Crippen LogP contribution in [0.3, 0.4) is 0 Å². The van der Waals surface area contributed by atoms with Gasteiger partial charge >= 0.3 is 41.7 Å². The topological polar surface area (TPSA) is 0 Å². The van der Waals surface area contributed by atoms with Gasteiger partial charge < -0.3 is 0 Å². The van der Waals surface area contributed by atoms with Crippen LogP contribution in [0.4, 0.5) is 65.9 Å². The van der Waals surface area contributed by atoms with Gasteiger partial charge in [0.05, 0.1) is 0 Å². The van der Waals surface area contributed by atoms with Crippen LogP contribution in [0.5, 0.6) is 0 Å². The Balaban J connectivity index is 6.56. The molecule has 0 radical (unpaired) electrons. The minimum Gasteiger partial charge on any atom is -0.199 e. The van der Waals surface area contributed by atoms with E-state index in [0.29, 0.717) is 6.92 Å². The quantitative estimate of drug-likeness (QED) is 0.185. The predicted molar refractivity (Wildman–Crippen MR) is 68.4 cm³/mol. The Morgan fingerprint density at radius 1 is 0.481 bits per heavy atom. The maximum atomic E-state index is 13.6. The Labute approximate surface area is 154 Å². The zero-order valence-electron chi connectivity index (χ0n) is 12.7. The van der Waals surface area contributed by atoms with Gasteiger partial charge in [-0.15, -0.1) is 0 Å². The van der Waals surface area contributed by atoms with Crippen molar-refractivity contribution in [2.24, 2.45) is 5.92 Å². The van der Waals surface area contributed by atoms with E-state index in [1.165, 1.54) is 0 Å². The molecule has 0 heterocycles. The molecule has 0 fully saturated rings. The fraction of sp³-hybridized carbons (Fsp3) is 1.00. The molecule has 0 aromatic rings. The first-order valence-electron chi connectivity index (χ1n) is 6.33. The first-order valence-corrected chi connectivity index (χ1v) is 7.58. The molecule has 0 amide bonds. The molecule has 0 aliphatic carbocycles. The predicted octanol–water partition coefficient (Wildman–Crippen LogP) is 6.82. The van der Waals surface area contributed by atoms with Gasteiger partial charge in [-0.25, -0.2) is 0 Å². The molecule has 0 aliphatic heterocycles. The zero-order chi connectivity index (χ0) is 22.7. The molecule has 0 aromatic heterocycles. The Morgan fingerprint density at radius 3 is 1.00 bits per heavy atom. The van der Waals surface area contributed by atoms with Crippen molar-refractivity contribution in [3.8, 4) is 0 Å². The normalized spacial score (nSPS) is 18.4. The van der Waals surface area contributed by atoms with E-state index in [1.54, 1.807) is 0 Å². The lowest BCUT2D eigenvalue weighted by molar-refractivity contribution is -0.454. The van der Waals surface area contributed by atoms with E-state index in [2.05, 4.69) is 0 Å². The summed E-state index contributed by atoms with van der Waals surface area (Å²) in [5.74, 6) is -48.9. The van der Waals surface area contributed by atoms with E-state index in [9.17, 15) is 65.9 Å². The number of hydrogen-bond acceptors (Lipinski definition) is 0. The molecule has 2 atom stereocenters. The Hall–Kier alpha value is -0.320. The molecule has 16 heteroatoms. The minimum absolute atomic E-state index is 0.127. The van der Waals surface area contributed by atoms with Crippen molar-refractivity contribution in [2.75, 3.05) is 0 Å². The number of halogens is 16. The van der Waals surface area contributed by atoms with Crippen molar-refractivity contribution in [1.29, 1.82) is 0 Å². The first-order chi connectivity index (χ1) is 11.4. The van der Waals surface area contributed by atoms with Crippen LogP contribution in [0, 0.1) is 5.92 Å². The van der Waals surface area contributed by atoms with Crippen molar-refractivity contribution < 1.29 is 65.9 Å². The SMILES string of the molecule is CC(I)C(C)C(F)(F)C(F)(F)C(F)(F)C(F)(F)C(F)(F)C(F)(F)C(F)(F)F. The Kier molecular flexibility index (Phi) is 6.80. The average Bonchev–Trinajstić information content (AvgIpc) is 2.43. The summed E-state index contributed by atoms with van der Waals surface area (Å²) < 4.78 is 192. The van der Waals surface area contributed by atoms with Crippen molar-refractivity contribution >= 4 is 22.6 Å². The Bertz CT molecular complexity index is 532. The minimum atomic E-state index is -8.22. The third-order valence-electron chi connectivity index (χ3n) is 3.61. The van der Waals surface area contributed by atoms with E-state index in [-0.39, 0.29) is 6.92 Å². The number of hydrogen-bond donors (Lipinski definition) is 0. The molecule has 0 saturated carbocycles. The molecule has 27 heavy (non-hydrogen) atoms. The molecular weight excluding hydrogens is 544 g/mol. The van der Waals surface area contributed by atoms with Crippen LogP contribution in [-0.4, -0.2) is 45.6 Å². The van der Waals surface area contributed by atoms with Gasteiger partial charge in [0, 0.05) is 9.84 Å². The summed E-state index contributed by atoms with van der Waals surface area (Å²) in [5, 5.41) is 0. The van der Waals surface area contributed by atoms with Crippen molar-refractivity contribution in [3.63, 3.8) is 0 Å². The second-order valence-corrected chi connectivity index (χ2v) is 7.42. The van der Waals surface area contributed by atoms with Crippen LogP contribution in [0.2, 0.25) is 0 Å². The number of alkyl halides is 16. The fourth-order valence-corrected chi connectivity index (χ4v) is 2.00. The summed E-state index contributed by atoms with van der Waals surface area (Å²) >= 11 is 0.960. The second-order valence-electron chi connectivity index (χ2n) is 5.46. The highest BCUT2D eigenvalue weighted by atomic mass is 127. The van der Waals surface area contributed by atoms with Crippen LogP contribution < -0.4 is 0 Å². The van der Waals surface area contributed by atoms with Gasteiger partial charge in [-0.05, 0) is 0 Å². The highest BCUT2D eigenvalue weighted by molar-refractivity contribution is 14.1. The largest absolute Gasteiger partial charge is 0.460 e. The molecule has 0 rings (SSSR count). The Morgan fingerprint density at radius 2 is 0.741 bits per heavy atom. The number of rotatable bonds is 7. The van der Waals surface area contributed by atoms with Crippen LogP contribution in [0.1, 0.15) is 13.8 Å². The van der Waals surface area contributed by atoms with Crippen LogP contribution >= 0.6 is 22.6 Å². The van der Waals surface area contributed by atoms with Gasteiger partial charge in [0.1, 0.15) is 0 Å². The molecule has 0 bridgehead atoms. The van der Waals surface area contributed by atoms with Gasteiger partial charge in [-0.2, -0.15) is 65.9 Å². The van der Waals surface area contributed by atoms with Crippen molar-refractivity contribution in [2.45, 2.75) is 59.5 Å². The molecule has 0 spiro atoms. The van der Waals surface area contributed by atoms with E-state index in [0.717, 1.165) is 22.6 Å². The van der Waals surface area contributed by atoms with Gasteiger partial charge in [0.25, 0.3) is 0 Å². The van der Waals surface area contributed by atoms with Crippen LogP contribution in [0.25, 0.3) is 0 Å². The van der Waals surface area contributed by atoms with Crippen molar-refractivity contribution in [1.82, 2.24) is 0 Å². The molecule has 0 aromatic carbocycles. The standard InChI is InChI=1S/C11H8F15I/c1-3(4(2)27)5(12,13)6(14,15)7(16,17)8(18,19)9(20,21)10(22,23)11(24,25)26/h3-4H,1-2H3. The van der Waals surface area contributed by atoms with Gasteiger partial charge in [-0.1, -0.05) is 36.4 Å². The van der Waals surface area contributed by atoms with Crippen LogP contribution in [0.15, 0.2) is 0 Å². The molecule has 2 unspecified atom stereocenters. The maximum absolute atomic E-state index is 13.6. The summed E-state index contributed by atoms with van der Waals surface area (Å²) in [6.45, 7) is 0.833. The third kappa shape index (κ3) is 3.55. The molecular formula is C11H8F15I. The van der Waals surface area contributed by atoms with E-state index < -0.39 is 51.6 Å². The summed E-state index contributed by atoms with van der Waals surface area (Å²) in [7, 11) is 0. The monoisotopic (exact) mass is 552 g/mol. The lowest BCUT2D eigenvalue weighted by Crippen LogP contribution is -2.73. The van der Waals surface area contributed by atoms with E-state index in [1.807, 2.05) is 0 Å². The lowest BCUT2D eigenvalue weighted by Gasteiger charge is -2.43. The van der Waals surface area contributed by atoms with Crippen LogP contribution in [-0.2, 0) is 0 Å².